The summed E-state index contributed by atoms with van der Waals surface area (Å²) < 4.78 is 11.5. The Morgan fingerprint density at radius 2 is 1.92 bits per heavy atom. The maximum Gasteiger partial charge on any atom is 0.232 e. The molecule has 1 saturated carbocycles. The summed E-state index contributed by atoms with van der Waals surface area (Å²) in [6.07, 6.45) is 4.82. The van der Waals surface area contributed by atoms with Crippen molar-refractivity contribution in [3.8, 4) is 11.5 Å². The summed E-state index contributed by atoms with van der Waals surface area (Å²) in [5, 5.41) is 3.05. The van der Waals surface area contributed by atoms with Crippen LogP contribution < -0.4 is 14.8 Å². The molecule has 1 unspecified atom stereocenters. The Labute approximate surface area is 158 Å². The van der Waals surface area contributed by atoms with Gasteiger partial charge >= 0.3 is 0 Å². The van der Waals surface area contributed by atoms with Crippen molar-refractivity contribution in [1.29, 1.82) is 0 Å². The van der Waals surface area contributed by atoms with Gasteiger partial charge in [-0.1, -0.05) is 18.2 Å². The second kappa shape index (κ2) is 7.62. The van der Waals surface area contributed by atoms with Crippen LogP contribution in [0.2, 0.25) is 0 Å². The number of hydrogen-bond acceptors (Lipinski definition) is 4. The zero-order valence-corrected chi connectivity index (χ0v) is 15.7. The predicted octanol–water partition coefficient (Wildman–Crippen LogP) is 4.84. The van der Waals surface area contributed by atoms with Crippen molar-refractivity contribution in [2.75, 3.05) is 18.2 Å². The van der Waals surface area contributed by atoms with Crippen molar-refractivity contribution >= 4 is 23.4 Å². The van der Waals surface area contributed by atoms with Gasteiger partial charge in [0.25, 0.3) is 0 Å². The first-order chi connectivity index (χ1) is 12.7. The Kier molecular flexibility index (Phi) is 5.07. The standard InChI is InChI=1S/C21H23NO3S/c1-24-18-11-10-14(12-19(18)25-15-6-2-3-7-15)22-21(23)17-13-26-20-9-5-4-8-16(17)20/h4-5,8-12,15,17H,2-3,6-7,13H2,1H3,(H,22,23). The number of carbonyl (C=O) groups is 1. The second-order valence-electron chi connectivity index (χ2n) is 6.78. The molecule has 2 aliphatic rings. The van der Waals surface area contributed by atoms with Crippen molar-refractivity contribution in [1.82, 2.24) is 0 Å². The molecule has 1 N–H and O–H groups in total. The second-order valence-corrected chi connectivity index (χ2v) is 7.84. The number of ether oxygens (including phenoxy) is 2. The van der Waals surface area contributed by atoms with Gasteiger partial charge in [0, 0.05) is 22.4 Å². The maximum atomic E-state index is 12.8. The number of benzene rings is 2. The lowest BCUT2D eigenvalue weighted by molar-refractivity contribution is -0.117. The lowest BCUT2D eigenvalue weighted by atomic mass is 10.0. The van der Waals surface area contributed by atoms with Crippen molar-refractivity contribution in [3.05, 3.63) is 48.0 Å². The van der Waals surface area contributed by atoms with E-state index in [4.69, 9.17) is 9.47 Å². The fourth-order valence-electron chi connectivity index (χ4n) is 3.64. The summed E-state index contributed by atoms with van der Waals surface area (Å²) in [7, 11) is 1.64. The molecule has 2 aromatic rings. The summed E-state index contributed by atoms with van der Waals surface area (Å²) >= 11 is 1.74. The van der Waals surface area contributed by atoms with Gasteiger partial charge in [-0.15, -0.1) is 11.8 Å². The van der Waals surface area contributed by atoms with Gasteiger partial charge in [-0.25, -0.2) is 0 Å². The van der Waals surface area contributed by atoms with Crippen LogP contribution in [0, 0.1) is 0 Å². The van der Waals surface area contributed by atoms with Crippen LogP contribution in [-0.4, -0.2) is 24.9 Å². The highest BCUT2D eigenvalue weighted by Gasteiger charge is 2.29. The molecule has 0 saturated heterocycles. The van der Waals surface area contributed by atoms with Crippen molar-refractivity contribution in [3.63, 3.8) is 0 Å². The minimum atomic E-state index is -0.113. The minimum absolute atomic E-state index is 0.0273. The molecule has 2 aromatic carbocycles. The van der Waals surface area contributed by atoms with E-state index in [1.807, 2.05) is 36.4 Å². The molecular formula is C21H23NO3S. The molecule has 1 amide bonds. The van der Waals surface area contributed by atoms with Gasteiger partial charge in [-0.2, -0.15) is 0 Å². The van der Waals surface area contributed by atoms with E-state index < -0.39 is 0 Å². The van der Waals surface area contributed by atoms with Gasteiger partial charge in [0.1, 0.15) is 0 Å². The average molecular weight is 369 g/mol. The summed E-state index contributed by atoms with van der Waals surface area (Å²) in [4.78, 5) is 14.0. The van der Waals surface area contributed by atoms with Gasteiger partial charge < -0.3 is 14.8 Å². The zero-order valence-electron chi connectivity index (χ0n) is 14.9. The third-order valence-electron chi connectivity index (χ3n) is 5.04. The molecule has 0 spiro atoms. The largest absolute Gasteiger partial charge is 0.493 e. The molecule has 136 valence electrons. The van der Waals surface area contributed by atoms with E-state index in [0.717, 1.165) is 29.8 Å². The van der Waals surface area contributed by atoms with E-state index >= 15 is 0 Å². The Morgan fingerprint density at radius 1 is 1.12 bits per heavy atom. The zero-order chi connectivity index (χ0) is 17.9. The fourth-order valence-corrected chi connectivity index (χ4v) is 4.87. The first-order valence-electron chi connectivity index (χ1n) is 9.12. The monoisotopic (exact) mass is 369 g/mol. The molecule has 1 fully saturated rings. The van der Waals surface area contributed by atoms with Crippen LogP contribution in [0.5, 0.6) is 11.5 Å². The summed E-state index contributed by atoms with van der Waals surface area (Å²) in [5.41, 5.74) is 1.86. The van der Waals surface area contributed by atoms with Crippen LogP contribution in [0.3, 0.4) is 0 Å². The number of thioether (sulfide) groups is 1. The van der Waals surface area contributed by atoms with Gasteiger partial charge in [0.2, 0.25) is 5.91 Å². The number of carbonyl (C=O) groups excluding carboxylic acids is 1. The maximum absolute atomic E-state index is 12.8. The number of fused-ring (bicyclic) bond motifs is 1. The third-order valence-corrected chi connectivity index (χ3v) is 6.23. The van der Waals surface area contributed by atoms with E-state index in [0.29, 0.717) is 11.5 Å². The summed E-state index contributed by atoms with van der Waals surface area (Å²) in [6.45, 7) is 0. The number of hydrogen-bond donors (Lipinski definition) is 1. The molecule has 0 aromatic heterocycles. The van der Waals surface area contributed by atoms with Crippen LogP contribution >= 0.6 is 11.8 Å². The molecule has 26 heavy (non-hydrogen) atoms. The smallest absolute Gasteiger partial charge is 0.232 e. The van der Waals surface area contributed by atoms with Crippen molar-refractivity contribution in [2.24, 2.45) is 0 Å². The molecule has 1 atom stereocenters. The van der Waals surface area contributed by atoms with Crippen molar-refractivity contribution in [2.45, 2.75) is 42.6 Å². The topological polar surface area (TPSA) is 47.6 Å². The molecule has 4 nitrogen and oxygen atoms in total. The van der Waals surface area contributed by atoms with E-state index in [9.17, 15) is 4.79 Å². The SMILES string of the molecule is COc1ccc(NC(=O)C2CSc3ccccc32)cc1OC1CCCC1. The first kappa shape index (κ1) is 17.3. The Hall–Kier alpha value is -2.14. The third kappa shape index (κ3) is 3.54. The highest BCUT2D eigenvalue weighted by Crippen LogP contribution is 2.40. The highest BCUT2D eigenvalue weighted by molar-refractivity contribution is 7.99. The summed E-state index contributed by atoms with van der Waals surface area (Å²) in [6, 6.07) is 13.7. The van der Waals surface area contributed by atoms with E-state index in [2.05, 4.69) is 11.4 Å². The van der Waals surface area contributed by atoms with Gasteiger partial charge in [-0.05, 0) is 49.4 Å². The molecule has 0 bridgehead atoms. The first-order valence-corrected chi connectivity index (χ1v) is 10.1. The highest BCUT2D eigenvalue weighted by atomic mass is 32.2. The Bertz CT molecular complexity index is 802. The molecule has 0 radical (unpaired) electrons. The van der Waals surface area contributed by atoms with Crippen LogP contribution in [0.4, 0.5) is 5.69 Å². The van der Waals surface area contributed by atoms with Gasteiger partial charge in [0.15, 0.2) is 11.5 Å². The van der Waals surface area contributed by atoms with Crippen molar-refractivity contribution < 1.29 is 14.3 Å². The average Bonchev–Trinajstić information content (AvgIpc) is 3.31. The molecule has 5 heteroatoms. The lowest BCUT2D eigenvalue weighted by Gasteiger charge is -2.18. The number of anilines is 1. The predicted molar refractivity (Wildman–Crippen MR) is 104 cm³/mol. The molecule has 1 aliphatic carbocycles. The molecule has 1 aliphatic heterocycles. The fraction of sp³-hybridized carbons (Fsp3) is 0.381. The molecular weight excluding hydrogens is 346 g/mol. The minimum Gasteiger partial charge on any atom is -0.493 e. The number of methoxy groups -OCH3 is 1. The number of rotatable bonds is 5. The molecule has 1 heterocycles. The Morgan fingerprint density at radius 3 is 2.73 bits per heavy atom. The quantitative estimate of drug-likeness (QED) is 0.819. The van der Waals surface area contributed by atoms with Crippen LogP contribution in [0.1, 0.15) is 37.2 Å². The Balaban J connectivity index is 1.50. The molecule has 4 rings (SSSR count). The normalized spacial score (nSPS) is 19.2. The van der Waals surface area contributed by atoms with E-state index in [1.165, 1.54) is 17.7 Å². The van der Waals surface area contributed by atoms with Crippen LogP contribution in [0.25, 0.3) is 0 Å². The van der Waals surface area contributed by atoms with Gasteiger partial charge in [-0.3, -0.25) is 4.79 Å². The van der Waals surface area contributed by atoms with Crippen LogP contribution in [0.15, 0.2) is 47.4 Å². The lowest BCUT2D eigenvalue weighted by Crippen LogP contribution is -2.21. The van der Waals surface area contributed by atoms with E-state index in [1.54, 1.807) is 18.9 Å². The summed E-state index contributed by atoms with van der Waals surface area (Å²) in [5.74, 6) is 2.11. The number of amides is 1. The van der Waals surface area contributed by atoms with Crippen LogP contribution in [-0.2, 0) is 4.79 Å². The van der Waals surface area contributed by atoms with Gasteiger partial charge in [0.05, 0.1) is 19.1 Å². The van der Waals surface area contributed by atoms with E-state index in [-0.39, 0.29) is 17.9 Å². The number of nitrogens with one attached hydrogen (secondary N) is 1.